The van der Waals surface area contributed by atoms with Crippen molar-refractivity contribution in [2.75, 3.05) is 9.71 Å². The van der Waals surface area contributed by atoms with E-state index in [2.05, 4.69) is 152 Å². The molecule has 0 N–H and O–H groups in total. The lowest BCUT2D eigenvalue weighted by molar-refractivity contribution is 0.195. The molecule has 6 aliphatic rings. The summed E-state index contributed by atoms with van der Waals surface area (Å²) in [5, 5.41) is 0. The van der Waals surface area contributed by atoms with E-state index in [1.807, 2.05) is 0 Å². The van der Waals surface area contributed by atoms with Crippen LogP contribution < -0.4 is 20.6 Å². The molecule has 1 saturated carbocycles. The lowest BCUT2D eigenvalue weighted by atomic mass is 9.43. The normalized spacial score (nSPS) is 23.9. The van der Waals surface area contributed by atoms with E-state index in [1.54, 1.807) is 5.56 Å². The molecule has 2 unspecified atom stereocenters. The topological polar surface area (TPSA) is 6.48 Å². The molecule has 0 saturated heterocycles. The summed E-state index contributed by atoms with van der Waals surface area (Å²) in [5.41, 5.74) is 17.3. The summed E-state index contributed by atoms with van der Waals surface area (Å²) >= 11 is 0. The minimum absolute atomic E-state index is 0.0453. The van der Waals surface area contributed by atoms with Crippen LogP contribution in [0, 0.1) is 6.92 Å². The average molecular weight is 649 g/mol. The summed E-state index contributed by atoms with van der Waals surface area (Å²) in [5.74, 6) is 0. The van der Waals surface area contributed by atoms with Crippen molar-refractivity contribution < 1.29 is 0 Å². The lowest BCUT2D eigenvalue weighted by Gasteiger charge is -2.55. The number of para-hydroxylation sites is 3. The van der Waals surface area contributed by atoms with E-state index >= 15 is 0 Å². The van der Waals surface area contributed by atoms with E-state index in [0.717, 1.165) is 0 Å². The smallest absolute Gasteiger partial charge is 0.333 e. The quantitative estimate of drug-likeness (QED) is 0.151. The highest BCUT2D eigenvalue weighted by molar-refractivity contribution is 8.34. The molecule has 12 rings (SSSR count). The van der Waals surface area contributed by atoms with E-state index in [0.29, 0.717) is 0 Å². The van der Waals surface area contributed by atoms with Crippen LogP contribution in [0.2, 0.25) is 0 Å². The first-order valence-electron chi connectivity index (χ1n) is 18.1. The highest BCUT2D eigenvalue weighted by atomic mass is 32.3. The van der Waals surface area contributed by atoms with E-state index in [4.69, 9.17) is 0 Å². The fraction of sp³-hybridized carbons (Fsp3) is 0.200. The number of rotatable bonds is 0. The Labute approximate surface area is 290 Å². The van der Waals surface area contributed by atoms with Crippen molar-refractivity contribution in [3.8, 4) is 22.3 Å². The van der Waals surface area contributed by atoms with Gasteiger partial charge in [-0.15, -0.1) is 10.0 Å². The van der Waals surface area contributed by atoms with Gasteiger partial charge in [-0.3, -0.25) is 0 Å². The van der Waals surface area contributed by atoms with Crippen molar-refractivity contribution in [1.29, 1.82) is 0 Å². The van der Waals surface area contributed by atoms with Crippen molar-refractivity contribution in [2.24, 2.45) is 0 Å². The average Bonchev–Trinajstić information content (AvgIpc) is 3.54. The number of benzene rings is 6. The van der Waals surface area contributed by atoms with Gasteiger partial charge in [0.05, 0.1) is 11.2 Å². The molecule has 0 aromatic heterocycles. The maximum atomic E-state index is 2.85. The summed E-state index contributed by atoms with van der Waals surface area (Å²) < 4.78 is 0. The Morgan fingerprint density at radius 2 is 1.24 bits per heavy atom. The largest absolute Gasteiger partial charge is 0.375 e. The molecule has 6 aromatic carbocycles. The van der Waals surface area contributed by atoms with Gasteiger partial charge in [-0.2, -0.15) is 0 Å². The fourth-order valence-corrected chi connectivity index (χ4v) is 16.0. The predicted octanol–water partition coefficient (Wildman–Crippen LogP) is 10.6. The molecule has 0 bridgehead atoms. The monoisotopic (exact) mass is 648 g/mol. The van der Waals surface area contributed by atoms with Gasteiger partial charge in [-0.05, 0) is 102 Å². The highest BCUT2D eigenvalue weighted by Gasteiger charge is 2.62. The molecule has 1 aliphatic carbocycles. The third-order valence-corrected chi connectivity index (χ3v) is 17.6. The van der Waals surface area contributed by atoms with E-state index < -0.39 is 10.0 Å². The van der Waals surface area contributed by atoms with Crippen molar-refractivity contribution >= 4 is 50.6 Å². The van der Waals surface area contributed by atoms with Crippen LogP contribution in [-0.2, 0) is 5.41 Å². The highest BCUT2D eigenvalue weighted by Crippen LogP contribution is 2.84. The maximum Gasteiger partial charge on any atom is 0.333 e. The van der Waals surface area contributed by atoms with Gasteiger partial charge >= 0.3 is 6.85 Å². The predicted molar refractivity (Wildman–Crippen MR) is 206 cm³/mol. The first-order chi connectivity index (χ1) is 24.0. The Hall–Kier alpha value is -4.67. The zero-order chi connectivity index (χ0) is 32.4. The molecular formula is C45H37BN2S. The summed E-state index contributed by atoms with van der Waals surface area (Å²) in [6.45, 7) is 7.58. The molecule has 2 atom stereocenters. The van der Waals surface area contributed by atoms with Gasteiger partial charge in [-0.1, -0.05) is 105 Å². The zero-order valence-corrected chi connectivity index (χ0v) is 29.1. The van der Waals surface area contributed by atoms with Crippen molar-refractivity contribution in [3.63, 3.8) is 0 Å². The fourth-order valence-electron chi connectivity index (χ4n) is 11.4. The van der Waals surface area contributed by atoms with Crippen LogP contribution in [0.5, 0.6) is 0 Å². The molecule has 1 fully saturated rings. The number of anilines is 4. The zero-order valence-electron chi connectivity index (χ0n) is 28.3. The Balaban J connectivity index is 1.25. The number of fused-ring (bicyclic) bond motifs is 16. The molecule has 49 heavy (non-hydrogen) atoms. The van der Waals surface area contributed by atoms with Gasteiger partial charge in [0.1, 0.15) is 0 Å². The number of hydrogen-bond donors (Lipinski definition) is 0. The minimum Gasteiger partial charge on any atom is -0.375 e. The third-order valence-electron chi connectivity index (χ3n) is 13.6. The summed E-state index contributed by atoms with van der Waals surface area (Å²) in [7, 11) is -1.74. The van der Waals surface area contributed by atoms with E-state index in [-0.39, 0.29) is 17.8 Å². The van der Waals surface area contributed by atoms with Crippen LogP contribution in [0.25, 0.3) is 22.3 Å². The molecule has 5 aliphatic heterocycles. The Morgan fingerprint density at radius 1 is 0.592 bits per heavy atom. The minimum atomic E-state index is -1.74. The van der Waals surface area contributed by atoms with Gasteiger partial charge in [0.2, 0.25) is 0 Å². The molecule has 0 amide bonds. The molecule has 2 nitrogen and oxygen atoms in total. The number of aryl methyl sites for hydroxylation is 1. The summed E-state index contributed by atoms with van der Waals surface area (Å²) in [6.07, 6.45) is 5.07. The molecule has 0 radical (unpaired) electrons. The standard InChI is InChI=1S/C45H37BN2S/c1-28-26-32-31-16-12-23-40-42(31)48(35-19-6-9-22-39(35)49(40)37-20-7-4-14-29(37)30-15-5-8-21-38(30)49)46-34-18-13-17-33-43(34)47(36(27-28)41(32)46)45(3)25-11-10-24-44(33,45)2/h4-9,12-23,26-27H,10-11,24-25H2,1-3H3. The first-order valence-corrected chi connectivity index (χ1v) is 19.7. The summed E-state index contributed by atoms with van der Waals surface area (Å²) in [4.78, 5) is 11.6. The third kappa shape index (κ3) is 2.81. The van der Waals surface area contributed by atoms with Gasteiger partial charge in [0.25, 0.3) is 0 Å². The second-order valence-corrected chi connectivity index (χ2v) is 18.6. The number of nitrogens with zero attached hydrogens (tertiary/aromatic N) is 2. The van der Waals surface area contributed by atoms with Gasteiger partial charge < -0.3 is 9.71 Å². The molecule has 236 valence electrons. The van der Waals surface area contributed by atoms with Crippen LogP contribution in [0.3, 0.4) is 0 Å². The summed E-state index contributed by atoms with van der Waals surface area (Å²) in [6, 6.07) is 47.6. The van der Waals surface area contributed by atoms with Crippen molar-refractivity contribution in [2.45, 2.75) is 77.0 Å². The molecule has 6 aromatic rings. The van der Waals surface area contributed by atoms with Crippen LogP contribution >= 0.6 is 10.0 Å². The molecule has 4 heteroatoms. The molecule has 1 spiro atoms. The Bertz CT molecular complexity index is 2460. The van der Waals surface area contributed by atoms with Crippen LogP contribution in [0.4, 0.5) is 22.7 Å². The maximum absolute atomic E-state index is 2.85. The van der Waals surface area contributed by atoms with Crippen LogP contribution in [-0.4, -0.2) is 12.4 Å². The van der Waals surface area contributed by atoms with E-state index in [1.165, 1.54) is 107 Å². The molecular weight excluding hydrogens is 611 g/mol. The van der Waals surface area contributed by atoms with Gasteiger partial charge in [0.15, 0.2) is 0 Å². The Kier molecular flexibility index (Phi) is 4.84. The number of hydrogen-bond acceptors (Lipinski definition) is 2. The second kappa shape index (κ2) is 8.73. The van der Waals surface area contributed by atoms with Crippen LogP contribution in [0.1, 0.15) is 50.7 Å². The first kappa shape index (κ1) is 27.2. The van der Waals surface area contributed by atoms with Crippen LogP contribution in [0.15, 0.2) is 141 Å². The van der Waals surface area contributed by atoms with Gasteiger partial charge in [-0.25, -0.2) is 0 Å². The van der Waals surface area contributed by atoms with Crippen molar-refractivity contribution in [3.05, 3.63) is 132 Å². The SMILES string of the molecule is Cc1cc2c3c(c1)N1c4c(cccc4C4(C)CCCCC14C)B3N1c3ccccc3S3(c4ccccc4-c4ccccc43)c3cccc-2c31. The van der Waals surface area contributed by atoms with Gasteiger partial charge in [0, 0.05) is 47.6 Å². The second-order valence-electron chi connectivity index (χ2n) is 15.6. The lowest BCUT2D eigenvalue weighted by Crippen LogP contribution is -2.65. The Morgan fingerprint density at radius 3 is 2.04 bits per heavy atom. The van der Waals surface area contributed by atoms with Crippen molar-refractivity contribution in [1.82, 2.24) is 0 Å². The molecule has 5 heterocycles. The van der Waals surface area contributed by atoms with E-state index in [9.17, 15) is 0 Å².